The monoisotopic (exact) mass is 179 g/mol. The minimum Gasteiger partial charge on any atom is -0.508 e. The van der Waals surface area contributed by atoms with Gasteiger partial charge in [-0.2, -0.15) is 0 Å². The van der Waals surface area contributed by atoms with Crippen molar-refractivity contribution in [3.8, 4) is 5.75 Å². The van der Waals surface area contributed by atoms with Crippen molar-refractivity contribution < 1.29 is 15.0 Å². The quantitative estimate of drug-likeness (QED) is 0.647. The number of carbonyl (C=O) groups is 1. The van der Waals surface area contributed by atoms with Gasteiger partial charge in [-0.1, -0.05) is 18.7 Å². The van der Waals surface area contributed by atoms with Gasteiger partial charge in [-0.15, -0.1) is 0 Å². The fourth-order valence-corrected chi connectivity index (χ4v) is 0.378. The summed E-state index contributed by atoms with van der Waals surface area (Å²) in [5.41, 5.74) is 0.176. The highest BCUT2D eigenvalue weighted by atomic mass is 16.4. The molecule has 0 spiro atoms. The Morgan fingerprint density at radius 1 is 1.46 bits per heavy atom. The first-order chi connectivity index (χ1) is 6.04. The van der Waals surface area contributed by atoms with E-state index in [-0.39, 0.29) is 5.57 Å². The maximum atomic E-state index is 9.60. The van der Waals surface area contributed by atoms with Gasteiger partial charge in [0, 0.05) is 5.57 Å². The molecular formula is C10H11O3. The number of phenolic OH excluding ortho intramolecular Hbond substituents is 1. The number of hydrogen-bond acceptors (Lipinski definition) is 2. The standard InChI is InChI=1S/C6H5O.C4H6O2/c7-6-4-2-1-3-5-6;1-3(2)4(5)6/h2-5,7H;1H2,2H3,(H,5,6). The molecule has 0 amide bonds. The number of benzene rings is 1. The fraction of sp³-hybridized carbons (Fsp3) is 0.100. The van der Waals surface area contributed by atoms with Crippen molar-refractivity contribution in [1.82, 2.24) is 0 Å². The van der Waals surface area contributed by atoms with Gasteiger partial charge in [-0.25, -0.2) is 4.79 Å². The van der Waals surface area contributed by atoms with Crippen molar-refractivity contribution in [3.05, 3.63) is 42.5 Å². The number of hydrogen-bond donors (Lipinski definition) is 2. The molecule has 0 fully saturated rings. The second-order valence-electron chi connectivity index (χ2n) is 2.34. The van der Waals surface area contributed by atoms with Gasteiger partial charge in [0.1, 0.15) is 5.75 Å². The summed E-state index contributed by atoms with van der Waals surface area (Å²) >= 11 is 0. The van der Waals surface area contributed by atoms with Gasteiger partial charge in [-0.05, 0) is 25.1 Å². The predicted octanol–water partition coefficient (Wildman–Crippen LogP) is 1.84. The van der Waals surface area contributed by atoms with Crippen LogP contribution in [-0.4, -0.2) is 16.2 Å². The average Bonchev–Trinajstić information content (AvgIpc) is 2.06. The summed E-state index contributed by atoms with van der Waals surface area (Å²) < 4.78 is 0. The third kappa shape index (κ3) is 6.62. The second kappa shape index (κ2) is 5.83. The molecule has 1 rings (SSSR count). The van der Waals surface area contributed by atoms with Crippen LogP contribution in [0.3, 0.4) is 0 Å². The highest BCUT2D eigenvalue weighted by molar-refractivity contribution is 5.84. The number of aromatic hydroxyl groups is 1. The van der Waals surface area contributed by atoms with Gasteiger partial charge in [0.15, 0.2) is 0 Å². The molecular weight excluding hydrogens is 168 g/mol. The topological polar surface area (TPSA) is 57.5 Å². The van der Waals surface area contributed by atoms with Crippen LogP contribution in [0, 0.1) is 6.07 Å². The maximum absolute atomic E-state index is 9.60. The predicted molar refractivity (Wildman–Crippen MR) is 49.4 cm³/mol. The van der Waals surface area contributed by atoms with Gasteiger partial charge in [0.05, 0.1) is 0 Å². The molecule has 1 radical (unpaired) electrons. The van der Waals surface area contributed by atoms with Crippen molar-refractivity contribution in [2.45, 2.75) is 6.92 Å². The lowest BCUT2D eigenvalue weighted by molar-refractivity contribution is -0.132. The Labute approximate surface area is 77.0 Å². The molecule has 1 aromatic carbocycles. The van der Waals surface area contributed by atoms with Gasteiger partial charge in [0.2, 0.25) is 0 Å². The lowest BCUT2D eigenvalue weighted by Crippen LogP contribution is -1.92. The van der Waals surface area contributed by atoms with Crippen molar-refractivity contribution >= 4 is 5.97 Å². The van der Waals surface area contributed by atoms with E-state index in [0.717, 1.165) is 0 Å². The Morgan fingerprint density at radius 3 is 2.00 bits per heavy atom. The SMILES string of the molecule is C=C(C)C(=O)O.Oc1cc[c]cc1. The molecule has 1 aromatic rings. The van der Waals surface area contributed by atoms with Crippen molar-refractivity contribution in [1.29, 1.82) is 0 Å². The molecule has 0 aliphatic heterocycles. The van der Waals surface area contributed by atoms with E-state index in [1.807, 2.05) is 0 Å². The smallest absolute Gasteiger partial charge is 0.330 e. The fourth-order valence-electron chi connectivity index (χ4n) is 0.378. The summed E-state index contributed by atoms with van der Waals surface area (Å²) in [5.74, 6) is -0.645. The van der Waals surface area contributed by atoms with Crippen LogP contribution >= 0.6 is 0 Å². The summed E-state index contributed by atoms with van der Waals surface area (Å²) in [6.45, 7) is 4.60. The number of phenols is 1. The van der Waals surface area contributed by atoms with Gasteiger partial charge in [0.25, 0.3) is 0 Å². The van der Waals surface area contributed by atoms with Crippen LogP contribution < -0.4 is 0 Å². The Balaban J connectivity index is 0.000000226. The highest BCUT2D eigenvalue weighted by Crippen LogP contribution is 2.02. The summed E-state index contributed by atoms with van der Waals surface area (Å²) in [7, 11) is 0. The molecule has 0 atom stereocenters. The van der Waals surface area contributed by atoms with E-state index in [1.54, 1.807) is 24.3 Å². The van der Waals surface area contributed by atoms with E-state index in [4.69, 9.17) is 10.2 Å². The number of carboxylic acid groups (broad SMARTS) is 1. The zero-order valence-electron chi connectivity index (χ0n) is 7.32. The first-order valence-electron chi connectivity index (χ1n) is 3.58. The molecule has 0 aliphatic carbocycles. The number of rotatable bonds is 1. The van der Waals surface area contributed by atoms with Crippen LogP contribution in [0.2, 0.25) is 0 Å². The minimum absolute atomic E-state index is 0.176. The largest absolute Gasteiger partial charge is 0.508 e. The van der Waals surface area contributed by atoms with Crippen LogP contribution in [0.15, 0.2) is 36.4 Å². The van der Waals surface area contributed by atoms with E-state index in [0.29, 0.717) is 5.75 Å². The summed E-state index contributed by atoms with van der Waals surface area (Å²) in [4.78, 5) is 9.60. The van der Waals surface area contributed by atoms with Gasteiger partial charge in [-0.3, -0.25) is 0 Å². The van der Waals surface area contributed by atoms with Gasteiger partial charge >= 0.3 is 5.97 Å². The number of carboxylic acids is 1. The zero-order valence-corrected chi connectivity index (χ0v) is 7.32. The van der Waals surface area contributed by atoms with Crippen LogP contribution in [0.25, 0.3) is 0 Å². The second-order valence-corrected chi connectivity index (χ2v) is 2.34. The lowest BCUT2D eigenvalue weighted by atomic mass is 10.3. The number of aliphatic carboxylic acids is 1. The summed E-state index contributed by atoms with van der Waals surface area (Å²) in [5, 5.41) is 16.5. The van der Waals surface area contributed by atoms with Crippen LogP contribution in [0.5, 0.6) is 5.75 Å². The third-order valence-corrected chi connectivity index (χ3v) is 1.07. The minimum atomic E-state index is -0.935. The summed E-state index contributed by atoms with van der Waals surface area (Å²) in [6.07, 6.45) is 0. The molecule has 3 nitrogen and oxygen atoms in total. The Bertz CT molecular complexity index is 265. The first kappa shape index (κ1) is 11.2. The van der Waals surface area contributed by atoms with Crippen molar-refractivity contribution in [3.63, 3.8) is 0 Å². The highest BCUT2D eigenvalue weighted by Gasteiger charge is 1.90. The van der Waals surface area contributed by atoms with E-state index >= 15 is 0 Å². The molecule has 0 aromatic heterocycles. The molecule has 0 bridgehead atoms. The zero-order chi connectivity index (χ0) is 10.3. The normalized spacial score (nSPS) is 8.08. The lowest BCUT2D eigenvalue weighted by Gasteiger charge is -1.81. The molecule has 13 heavy (non-hydrogen) atoms. The summed E-state index contributed by atoms with van der Waals surface area (Å²) in [6, 6.07) is 9.26. The molecule has 0 heterocycles. The molecule has 2 N–H and O–H groups in total. The molecule has 69 valence electrons. The van der Waals surface area contributed by atoms with Crippen LogP contribution in [-0.2, 0) is 4.79 Å². The van der Waals surface area contributed by atoms with Crippen molar-refractivity contribution in [2.75, 3.05) is 0 Å². The van der Waals surface area contributed by atoms with Gasteiger partial charge < -0.3 is 10.2 Å². The molecule has 0 saturated heterocycles. The van der Waals surface area contributed by atoms with Crippen molar-refractivity contribution in [2.24, 2.45) is 0 Å². The third-order valence-electron chi connectivity index (χ3n) is 1.07. The van der Waals surface area contributed by atoms with Crippen LogP contribution in [0.1, 0.15) is 6.92 Å². The van der Waals surface area contributed by atoms with E-state index in [9.17, 15) is 4.79 Å². The Kier molecular flexibility index (Phi) is 5.03. The average molecular weight is 179 g/mol. The van der Waals surface area contributed by atoms with E-state index in [1.165, 1.54) is 6.92 Å². The Morgan fingerprint density at radius 2 is 1.85 bits per heavy atom. The Hall–Kier alpha value is -1.77. The molecule has 0 unspecified atom stereocenters. The van der Waals surface area contributed by atoms with E-state index < -0.39 is 5.97 Å². The molecule has 0 saturated carbocycles. The van der Waals surface area contributed by atoms with E-state index in [2.05, 4.69) is 12.6 Å². The molecule has 3 heteroatoms. The molecule has 0 aliphatic rings. The van der Waals surface area contributed by atoms with Crippen LogP contribution in [0.4, 0.5) is 0 Å². The first-order valence-corrected chi connectivity index (χ1v) is 3.58. The maximum Gasteiger partial charge on any atom is 0.330 e.